The molecule has 0 bridgehead atoms. The first-order chi connectivity index (χ1) is 14.3. The maximum atomic E-state index is 14.6. The van der Waals surface area contributed by atoms with Gasteiger partial charge in [0.1, 0.15) is 17.2 Å². The molecule has 4 rings (SSSR count). The minimum atomic E-state index is -4.09. The van der Waals surface area contributed by atoms with Crippen molar-refractivity contribution in [2.45, 2.75) is 18.3 Å². The van der Waals surface area contributed by atoms with E-state index in [0.29, 0.717) is 12.1 Å². The molecule has 10 heteroatoms. The minimum Gasteiger partial charge on any atom is -0.377 e. The zero-order valence-electron chi connectivity index (χ0n) is 15.9. The van der Waals surface area contributed by atoms with Gasteiger partial charge in [-0.1, -0.05) is 0 Å². The maximum Gasteiger partial charge on any atom is 0.437 e. The average molecular weight is 425 g/mol. The van der Waals surface area contributed by atoms with Crippen LogP contribution in [0, 0.1) is 11.6 Å². The molecule has 1 aromatic carbocycles. The second-order valence-electron chi connectivity index (χ2n) is 7.40. The summed E-state index contributed by atoms with van der Waals surface area (Å²) in [7, 11) is 0. The predicted octanol–water partition coefficient (Wildman–Crippen LogP) is 2.59. The molecule has 1 amide bonds. The van der Waals surface area contributed by atoms with Crippen LogP contribution in [0.15, 0.2) is 42.7 Å². The standard InChI is InChI=1S/C20H19F4N3O3/c21-15-1-3-16(4-2-15)27-12-19(30-20(23,24)18(27)28)11-26(7-8-29-13-19)10-14-5-6-25-9-17(14)22/h1-6,9H,7-8,10-13H2. The lowest BCUT2D eigenvalue weighted by molar-refractivity contribution is -0.294. The van der Waals surface area contributed by atoms with Crippen molar-refractivity contribution in [3.05, 3.63) is 59.9 Å². The average Bonchev–Trinajstić information content (AvgIpc) is 2.89. The van der Waals surface area contributed by atoms with Gasteiger partial charge in [-0.3, -0.25) is 14.7 Å². The number of halogens is 4. The fraction of sp³-hybridized carbons (Fsp3) is 0.400. The molecule has 0 saturated carbocycles. The number of morpholine rings is 1. The summed E-state index contributed by atoms with van der Waals surface area (Å²) < 4.78 is 66.9. The summed E-state index contributed by atoms with van der Waals surface area (Å²) in [4.78, 5) is 18.6. The fourth-order valence-electron chi connectivity index (χ4n) is 3.74. The highest BCUT2D eigenvalue weighted by Gasteiger charge is 2.58. The highest BCUT2D eigenvalue weighted by atomic mass is 19.3. The number of pyridine rings is 1. The van der Waals surface area contributed by atoms with Crippen molar-refractivity contribution >= 4 is 11.6 Å². The third-order valence-electron chi connectivity index (χ3n) is 5.10. The monoisotopic (exact) mass is 425 g/mol. The number of aromatic nitrogens is 1. The van der Waals surface area contributed by atoms with Crippen molar-refractivity contribution in [3.63, 3.8) is 0 Å². The molecule has 2 aliphatic rings. The number of rotatable bonds is 3. The number of carbonyl (C=O) groups excluding carboxylic acids is 1. The van der Waals surface area contributed by atoms with Crippen LogP contribution in [0.3, 0.4) is 0 Å². The number of hydrogen-bond donors (Lipinski definition) is 0. The van der Waals surface area contributed by atoms with Crippen molar-refractivity contribution in [1.29, 1.82) is 0 Å². The lowest BCUT2D eigenvalue weighted by Crippen LogP contribution is -2.66. The molecule has 160 valence electrons. The number of benzene rings is 1. The first-order valence-electron chi connectivity index (χ1n) is 9.32. The summed E-state index contributed by atoms with van der Waals surface area (Å²) in [5, 5.41) is 0. The quantitative estimate of drug-likeness (QED) is 0.708. The van der Waals surface area contributed by atoms with E-state index in [1.54, 1.807) is 4.90 Å². The Bertz CT molecular complexity index is 928. The molecule has 1 atom stereocenters. The largest absolute Gasteiger partial charge is 0.437 e. The van der Waals surface area contributed by atoms with Gasteiger partial charge >= 0.3 is 12.0 Å². The Morgan fingerprint density at radius 2 is 1.87 bits per heavy atom. The van der Waals surface area contributed by atoms with Gasteiger partial charge in [0, 0.05) is 37.1 Å². The molecule has 1 aromatic heterocycles. The van der Waals surface area contributed by atoms with Gasteiger partial charge in [-0.2, -0.15) is 8.78 Å². The number of carbonyl (C=O) groups is 1. The van der Waals surface area contributed by atoms with Gasteiger partial charge in [0.25, 0.3) is 0 Å². The molecular weight excluding hydrogens is 406 g/mol. The van der Waals surface area contributed by atoms with Crippen molar-refractivity contribution in [2.75, 3.05) is 37.7 Å². The highest BCUT2D eigenvalue weighted by molar-refractivity contribution is 5.98. The molecule has 2 aliphatic heterocycles. The Morgan fingerprint density at radius 1 is 1.10 bits per heavy atom. The zero-order valence-corrected chi connectivity index (χ0v) is 15.9. The molecule has 0 aliphatic carbocycles. The van der Waals surface area contributed by atoms with Gasteiger partial charge in [0.2, 0.25) is 0 Å². The van der Waals surface area contributed by atoms with Crippen LogP contribution in [0.5, 0.6) is 0 Å². The summed E-state index contributed by atoms with van der Waals surface area (Å²) in [6.45, 7) is 0.316. The van der Waals surface area contributed by atoms with E-state index in [1.165, 1.54) is 24.4 Å². The van der Waals surface area contributed by atoms with Crippen LogP contribution >= 0.6 is 0 Å². The van der Waals surface area contributed by atoms with Crippen molar-refractivity contribution in [1.82, 2.24) is 9.88 Å². The number of ether oxygens (including phenoxy) is 2. The molecule has 2 aromatic rings. The topological polar surface area (TPSA) is 54.9 Å². The van der Waals surface area contributed by atoms with Gasteiger partial charge in [-0.05, 0) is 30.3 Å². The lowest BCUT2D eigenvalue weighted by atomic mass is 10.00. The zero-order chi connectivity index (χ0) is 21.4. The van der Waals surface area contributed by atoms with E-state index in [0.717, 1.165) is 23.2 Å². The van der Waals surface area contributed by atoms with Crippen LogP contribution in [-0.2, 0) is 20.8 Å². The summed E-state index contributed by atoms with van der Waals surface area (Å²) >= 11 is 0. The third-order valence-corrected chi connectivity index (χ3v) is 5.10. The Labute approximate surface area is 170 Å². The Morgan fingerprint density at radius 3 is 2.60 bits per heavy atom. The summed E-state index contributed by atoms with van der Waals surface area (Å²) in [6, 6.07) is 6.20. The van der Waals surface area contributed by atoms with Crippen LogP contribution in [-0.4, -0.2) is 60.3 Å². The number of alkyl halides is 2. The lowest BCUT2D eigenvalue weighted by Gasteiger charge is -2.45. The molecule has 2 fully saturated rings. The SMILES string of the molecule is O=C1N(c2ccc(F)cc2)CC2(COCCN(Cc3ccncc3F)C2)OC1(F)F. The van der Waals surface area contributed by atoms with E-state index in [9.17, 15) is 22.4 Å². The van der Waals surface area contributed by atoms with Gasteiger partial charge in [-0.15, -0.1) is 0 Å². The van der Waals surface area contributed by atoms with Crippen LogP contribution in [0.1, 0.15) is 5.56 Å². The summed E-state index contributed by atoms with van der Waals surface area (Å²) in [5.41, 5.74) is -1.07. The van der Waals surface area contributed by atoms with Gasteiger partial charge < -0.3 is 14.4 Å². The molecule has 0 N–H and O–H groups in total. The van der Waals surface area contributed by atoms with E-state index in [4.69, 9.17) is 9.47 Å². The molecule has 6 nitrogen and oxygen atoms in total. The molecule has 2 saturated heterocycles. The summed E-state index contributed by atoms with van der Waals surface area (Å²) in [5.74, 6) is -2.59. The smallest absolute Gasteiger partial charge is 0.377 e. The van der Waals surface area contributed by atoms with Crippen LogP contribution in [0.25, 0.3) is 0 Å². The maximum absolute atomic E-state index is 14.6. The Kier molecular flexibility index (Phi) is 5.48. The Hall–Kier alpha value is -2.56. The minimum absolute atomic E-state index is 0.0185. The second-order valence-corrected chi connectivity index (χ2v) is 7.40. The number of amides is 1. The third kappa shape index (κ3) is 4.16. The highest BCUT2D eigenvalue weighted by Crippen LogP contribution is 2.37. The van der Waals surface area contributed by atoms with Crippen molar-refractivity contribution < 1.29 is 31.8 Å². The van der Waals surface area contributed by atoms with Gasteiger partial charge in [0.15, 0.2) is 0 Å². The molecule has 1 unspecified atom stereocenters. The van der Waals surface area contributed by atoms with E-state index in [1.807, 2.05) is 0 Å². The number of nitrogens with zero attached hydrogens (tertiary/aromatic N) is 3. The Balaban J connectivity index is 1.62. The van der Waals surface area contributed by atoms with E-state index >= 15 is 0 Å². The van der Waals surface area contributed by atoms with E-state index < -0.39 is 29.3 Å². The fourth-order valence-corrected chi connectivity index (χ4v) is 3.74. The van der Waals surface area contributed by atoms with Gasteiger partial charge in [0.05, 0.1) is 26.0 Å². The predicted molar refractivity (Wildman–Crippen MR) is 97.8 cm³/mol. The van der Waals surface area contributed by atoms with Gasteiger partial charge in [-0.25, -0.2) is 8.78 Å². The van der Waals surface area contributed by atoms with E-state index in [-0.39, 0.29) is 38.5 Å². The first kappa shape index (κ1) is 20.7. The molecule has 3 heterocycles. The molecule has 1 spiro atoms. The van der Waals surface area contributed by atoms with Crippen LogP contribution < -0.4 is 4.90 Å². The molecule has 30 heavy (non-hydrogen) atoms. The number of anilines is 1. The normalized spacial score (nSPS) is 24.8. The molecular formula is C20H19F4N3O3. The molecule has 0 radical (unpaired) electrons. The van der Waals surface area contributed by atoms with Crippen molar-refractivity contribution in [3.8, 4) is 0 Å². The second kappa shape index (κ2) is 7.93. The van der Waals surface area contributed by atoms with Crippen LogP contribution in [0.2, 0.25) is 0 Å². The van der Waals surface area contributed by atoms with E-state index in [2.05, 4.69) is 4.98 Å². The van der Waals surface area contributed by atoms with Crippen LogP contribution in [0.4, 0.5) is 23.2 Å². The summed E-state index contributed by atoms with van der Waals surface area (Å²) in [6.07, 6.45) is -1.56. The van der Waals surface area contributed by atoms with Crippen molar-refractivity contribution in [2.24, 2.45) is 0 Å². The number of hydrogen-bond acceptors (Lipinski definition) is 5. The first-order valence-corrected chi connectivity index (χ1v) is 9.32.